The molecule has 0 aliphatic carbocycles. The quantitative estimate of drug-likeness (QED) is 0.780. The maximum atomic E-state index is 12.2. The van der Waals surface area contributed by atoms with Crippen LogP contribution < -0.4 is 0 Å². The van der Waals surface area contributed by atoms with Crippen LogP contribution in [0.25, 0.3) is 0 Å². The van der Waals surface area contributed by atoms with E-state index in [1.807, 2.05) is 23.1 Å². The summed E-state index contributed by atoms with van der Waals surface area (Å²) in [6.45, 7) is 2.59. The second-order valence-electron chi connectivity index (χ2n) is 3.53. The third-order valence-electron chi connectivity index (χ3n) is 2.46. The first-order chi connectivity index (χ1) is 7.68. The average molecular weight is 349 g/mol. The molecule has 1 heterocycles. The normalized spacial score (nSPS) is 16.2. The van der Waals surface area contributed by atoms with E-state index in [0.717, 1.165) is 8.95 Å². The van der Waals surface area contributed by atoms with Crippen molar-refractivity contribution in [2.45, 2.75) is 0 Å². The molecular formula is C11H11Br2NO2. The van der Waals surface area contributed by atoms with E-state index >= 15 is 0 Å². The standard InChI is InChI=1S/C11H11Br2NO2/c12-8-1-2-9(10(13)7-8)11(15)14-3-5-16-6-4-14/h1-2,7H,3-6H2. The van der Waals surface area contributed by atoms with E-state index in [1.54, 1.807) is 0 Å². The molecule has 1 fully saturated rings. The van der Waals surface area contributed by atoms with E-state index in [-0.39, 0.29) is 5.91 Å². The van der Waals surface area contributed by atoms with Gasteiger partial charge in [0.05, 0.1) is 18.8 Å². The molecule has 3 nitrogen and oxygen atoms in total. The van der Waals surface area contributed by atoms with Crippen molar-refractivity contribution >= 4 is 37.8 Å². The number of benzene rings is 1. The summed E-state index contributed by atoms with van der Waals surface area (Å²) in [5.74, 6) is 0.0580. The fourth-order valence-electron chi connectivity index (χ4n) is 1.60. The molecule has 0 saturated carbocycles. The largest absolute Gasteiger partial charge is 0.378 e. The molecule has 1 aromatic carbocycles. The molecule has 0 radical (unpaired) electrons. The molecule has 1 saturated heterocycles. The molecule has 0 atom stereocenters. The Hall–Kier alpha value is -0.390. The fourth-order valence-corrected chi connectivity index (χ4v) is 2.82. The van der Waals surface area contributed by atoms with Gasteiger partial charge >= 0.3 is 0 Å². The molecule has 0 aromatic heterocycles. The molecule has 0 spiro atoms. The first kappa shape index (κ1) is 12.1. The minimum Gasteiger partial charge on any atom is -0.378 e. The number of carbonyl (C=O) groups is 1. The molecule has 86 valence electrons. The van der Waals surface area contributed by atoms with Gasteiger partial charge in [-0.05, 0) is 34.1 Å². The summed E-state index contributed by atoms with van der Waals surface area (Å²) < 4.78 is 7.00. The van der Waals surface area contributed by atoms with Gasteiger partial charge in [0.15, 0.2) is 0 Å². The predicted molar refractivity (Wildman–Crippen MR) is 68.6 cm³/mol. The van der Waals surface area contributed by atoms with Crippen LogP contribution >= 0.6 is 31.9 Å². The van der Waals surface area contributed by atoms with Crippen LogP contribution in [-0.2, 0) is 4.74 Å². The highest BCUT2D eigenvalue weighted by Gasteiger charge is 2.20. The summed E-state index contributed by atoms with van der Waals surface area (Å²) in [5, 5.41) is 0. The number of nitrogens with zero attached hydrogens (tertiary/aromatic N) is 1. The Morgan fingerprint density at radius 1 is 1.25 bits per heavy atom. The molecule has 16 heavy (non-hydrogen) atoms. The van der Waals surface area contributed by atoms with Crippen molar-refractivity contribution in [1.82, 2.24) is 4.90 Å². The van der Waals surface area contributed by atoms with Gasteiger partial charge in [-0.2, -0.15) is 0 Å². The van der Waals surface area contributed by atoms with Crippen LogP contribution in [0.5, 0.6) is 0 Å². The minimum absolute atomic E-state index is 0.0580. The zero-order chi connectivity index (χ0) is 11.5. The summed E-state index contributed by atoms with van der Waals surface area (Å²) in [4.78, 5) is 14.0. The van der Waals surface area contributed by atoms with E-state index in [1.165, 1.54) is 0 Å². The Morgan fingerprint density at radius 2 is 1.94 bits per heavy atom. The van der Waals surface area contributed by atoms with E-state index in [0.29, 0.717) is 31.9 Å². The van der Waals surface area contributed by atoms with Gasteiger partial charge in [-0.15, -0.1) is 0 Å². The van der Waals surface area contributed by atoms with E-state index in [2.05, 4.69) is 31.9 Å². The van der Waals surface area contributed by atoms with Gasteiger partial charge in [-0.25, -0.2) is 0 Å². The maximum absolute atomic E-state index is 12.2. The molecule has 1 aliphatic rings. The molecule has 1 aromatic rings. The highest BCUT2D eigenvalue weighted by molar-refractivity contribution is 9.11. The highest BCUT2D eigenvalue weighted by Crippen LogP contribution is 2.23. The number of halogens is 2. The van der Waals surface area contributed by atoms with Crippen molar-refractivity contribution in [3.05, 3.63) is 32.7 Å². The van der Waals surface area contributed by atoms with Gasteiger partial charge in [0, 0.05) is 22.0 Å². The molecule has 0 N–H and O–H groups in total. The Kier molecular flexibility index (Phi) is 4.00. The van der Waals surface area contributed by atoms with Crippen LogP contribution in [0.2, 0.25) is 0 Å². The number of rotatable bonds is 1. The van der Waals surface area contributed by atoms with E-state index < -0.39 is 0 Å². The topological polar surface area (TPSA) is 29.5 Å². The van der Waals surface area contributed by atoms with Crippen molar-refractivity contribution in [2.75, 3.05) is 26.3 Å². The lowest BCUT2D eigenvalue weighted by Gasteiger charge is -2.27. The van der Waals surface area contributed by atoms with Crippen molar-refractivity contribution in [3.8, 4) is 0 Å². The Labute approximate surface area is 111 Å². The maximum Gasteiger partial charge on any atom is 0.255 e. The summed E-state index contributed by atoms with van der Waals surface area (Å²) in [5.41, 5.74) is 0.699. The van der Waals surface area contributed by atoms with Crippen molar-refractivity contribution in [3.63, 3.8) is 0 Å². The van der Waals surface area contributed by atoms with Gasteiger partial charge < -0.3 is 9.64 Å². The average Bonchev–Trinajstić information content (AvgIpc) is 2.29. The fraction of sp³-hybridized carbons (Fsp3) is 0.364. The van der Waals surface area contributed by atoms with Crippen LogP contribution in [0.1, 0.15) is 10.4 Å². The Morgan fingerprint density at radius 3 is 2.56 bits per heavy atom. The van der Waals surface area contributed by atoms with Gasteiger partial charge in [0.2, 0.25) is 0 Å². The summed E-state index contributed by atoms with van der Waals surface area (Å²) >= 11 is 6.77. The van der Waals surface area contributed by atoms with E-state index in [9.17, 15) is 4.79 Å². The van der Waals surface area contributed by atoms with Gasteiger partial charge in [0.1, 0.15) is 0 Å². The van der Waals surface area contributed by atoms with Crippen molar-refractivity contribution < 1.29 is 9.53 Å². The summed E-state index contributed by atoms with van der Waals surface area (Å²) in [6.07, 6.45) is 0. The number of hydrogen-bond acceptors (Lipinski definition) is 2. The summed E-state index contributed by atoms with van der Waals surface area (Å²) in [7, 11) is 0. The number of ether oxygens (including phenoxy) is 1. The molecule has 0 bridgehead atoms. The number of morpholine rings is 1. The molecule has 1 aliphatic heterocycles. The third-order valence-corrected chi connectivity index (χ3v) is 3.61. The lowest BCUT2D eigenvalue weighted by atomic mass is 10.2. The minimum atomic E-state index is 0.0580. The summed E-state index contributed by atoms with van der Waals surface area (Å²) in [6, 6.07) is 5.58. The monoisotopic (exact) mass is 347 g/mol. The van der Waals surface area contributed by atoms with E-state index in [4.69, 9.17) is 4.74 Å². The van der Waals surface area contributed by atoms with Crippen LogP contribution in [0, 0.1) is 0 Å². The molecule has 0 unspecified atom stereocenters. The first-order valence-electron chi connectivity index (χ1n) is 5.00. The second-order valence-corrected chi connectivity index (χ2v) is 5.30. The Bertz CT molecular complexity index is 403. The zero-order valence-electron chi connectivity index (χ0n) is 8.58. The molecule has 1 amide bonds. The van der Waals surface area contributed by atoms with Gasteiger partial charge in [-0.3, -0.25) is 4.79 Å². The smallest absolute Gasteiger partial charge is 0.255 e. The van der Waals surface area contributed by atoms with Crippen LogP contribution in [-0.4, -0.2) is 37.1 Å². The van der Waals surface area contributed by atoms with Crippen molar-refractivity contribution in [1.29, 1.82) is 0 Å². The van der Waals surface area contributed by atoms with Gasteiger partial charge in [-0.1, -0.05) is 15.9 Å². The molecule has 2 rings (SSSR count). The lowest BCUT2D eigenvalue weighted by Crippen LogP contribution is -2.40. The zero-order valence-corrected chi connectivity index (χ0v) is 11.8. The number of hydrogen-bond donors (Lipinski definition) is 0. The molecular weight excluding hydrogens is 338 g/mol. The predicted octanol–water partition coefficient (Wildman–Crippen LogP) is 2.68. The molecule has 5 heteroatoms. The third kappa shape index (κ3) is 2.64. The van der Waals surface area contributed by atoms with Crippen LogP contribution in [0.3, 0.4) is 0 Å². The number of amides is 1. The van der Waals surface area contributed by atoms with Crippen LogP contribution in [0.15, 0.2) is 27.1 Å². The highest BCUT2D eigenvalue weighted by atomic mass is 79.9. The van der Waals surface area contributed by atoms with Gasteiger partial charge in [0.25, 0.3) is 5.91 Å². The van der Waals surface area contributed by atoms with Crippen molar-refractivity contribution in [2.24, 2.45) is 0 Å². The lowest BCUT2D eigenvalue weighted by molar-refractivity contribution is 0.0302. The Balaban J connectivity index is 2.19. The number of carbonyl (C=O) groups excluding carboxylic acids is 1. The first-order valence-corrected chi connectivity index (χ1v) is 6.59. The SMILES string of the molecule is O=C(c1ccc(Br)cc1Br)N1CCOCC1. The second kappa shape index (κ2) is 5.29. The van der Waals surface area contributed by atoms with Crippen LogP contribution in [0.4, 0.5) is 0 Å².